The Kier molecular flexibility index (Phi) is 8.04. The first-order valence-electron chi connectivity index (χ1n) is 11.5. The fourth-order valence-electron chi connectivity index (χ4n) is 4.02. The molecule has 0 saturated carbocycles. The number of aliphatic hydroxyl groups is 1. The Labute approximate surface area is 200 Å². The van der Waals surface area contributed by atoms with Gasteiger partial charge in [-0.2, -0.15) is 5.26 Å². The van der Waals surface area contributed by atoms with Gasteiger partial charge < -0.3 is 25.8 Å². The van der Waals surface area contributed by atoms with Gasteiger partial charge in [0.05, 0.1) is 17.4 Å². The van der Waals surface area contributed by atoms with E-state index in [1.807, 2.05) is 55.6 Å². The molecule has 1 aromatic heterocycles. The van der Waals surface area contributed by atoms with Crippen molar-refractivity contribution in [2.75, 3.05) is 38.5 Å². The molecule has 34 heavy (non-hydrogen) atoms. The van der Waals surface area contributed by atoms with Crippen molar-refractivity contribution in [1.82, 2.24) is 20.6 Å². The van der Waals surface area contributed by atoms with Crippen molar-refractivity contribution < 1.29 is 9.84 Å². The average Bonchev–Trinajstić information content (AvgIpc) is 3.30. The van der Waals surface area contributed by atoms with Crippen LogP contribution in [-0.2, 0) is 0 Å². The standard InChI is InChI=1S/C26H30N6O2/c1-28-11-10-25(18-5-3-2-4-6-18)34-24-8-7-19(13-20(24)14-27)22-9-12-30-26(32-22)31-16-21-15-29-17-23(21)33/h2-9,12-13,21,23,25,28-29,33H,10-11,15-17H2,1H3,(H,30,31,32)/t21-,23+,25+/m1/s1. The van der Waals surface area contributed by atoms with Crippen LogP contribution in [0.25, 0.3) is 11.3 Å². The predicted molar refractivity (Wildman–Crippen MR) is 131 cm³/mol. The summed E-state index contributed by atoms with van der Waals surface area (Å²) in [6.07, 6.45) is 1.93. The summed E-state index contributed by atoms with van der Waals surface area (Å²) in [4.78, 5) is 8.89. The van der Waals surface area contributed by atoms with Crippen molar-refractivity contribution in [3.63, 3.8) is 0 Å². The summed E-state index contributed by atoms with van der Waals surface area (Å²) in [6.45, 7) is 2.75. The van der Waals surface area contributed by atoms with Crippen molar-refractivity contribution in [3.8, 4) is 23.1 Å². The van der Waals surface area contributed by atoms with Crippen LogP contribution in [-0.4, -0.2) is 54.4 Å². The molecule has 0 aliphatic carbocycles. The summed E-state index contributed by atoms with van der Waals surface area (Å²) in [5, 5.41) is 29.3. The number of rotatable bonds is 10. The third-order valence-electron chi connectivity index (χ3n) is 5.97. The smallest absolute Gasteiger partial charge is 0.223 e. The van der Waals surface area contributed by atoms with Crippen LogP contribution < -0.4 is 20.7 Å². The van der Waals surface area contributed by atoms with Gasteiger partial charge in [-0.25, -0.2) is 9.97 Å². The Morgan fingerprint density at radius 1 is 1.21 bits per heavy atom. The van der Waals surface area contributed by atoms with Gasteiger partial charge in [-0.1, -0.05) is 30.3 Å². The molecule has 0 bridgehead atoms. The van der Waals surface area contributed by atoms with Crippen LogP contribution in [0.2, 0.25) is 0 Å². The Hall–Kier alpha value is -3.51. The quantitative estimate of drug-likeness (QED) is 0.367. The number of anilines is 1. The Bertz CT molecular complexity index is 1120. The van der Waals surface area contributed by atoms with Gasteiger partial charge in [0.2, 0.25) is 5.95 Å². The number of aromatic nitrogens is 2. The second kappa shape index (κ2) is 11.6. The number of hydrogen-bond donors (Lipinski definition) is 4. The molecule has 4 N–H and O–H groups in total. The zero-order valence-electron chi connectivity index (χ0n) is 19.2. The van der Waals surface area contributed by atoms with Crippen molar-refractivity contribution in [2.45, 2.75) is 18.6 Å². The highest BCUT2D eigenvalue weighted by Crippen LogP contribution is 2.30. The van der Waals surface area contributed by atoms with Crippen LogP contribution >= 0.6 is 0 Å². The minimum absolute atomic E-state index is 0.120. The third-order valence-corrected chi connectivity index (χ3v) is 5.97. The molecule has 0 spiro atoms. The lowest BCUT2D eigenvalue weighted by atomic mass is 10.0. The van der Waals surface area contributed by atoms with Crippen LogP contribution in [0.3, 0.4) is 0 Å². The topological polar surface area (TPSA) is 115 Å². The van der Waals surface area contributed by atoms with Crippen LogP contribution in [0.5, 0.6) is 5.75 Å². The molecule has 0 amide bonds. The number of nitrogens with zero attached hydrogens (tertiary/aromatic N) is 3. The van der Waals surface area contributed by atoms with E-state index < -0.39 is 0 Å². The maximum Gasteiger partial charge on any atom is 0.223 e. The first kappa shape index (κ1) is 23.6. The summed E-state index contributed by atoms with van der Waals surface area (Å²) in [6, 6.07) is 19.7. The zero-order valence-corrected chi connectivity index (χ0v) is 19.2. The van der Waals surface area contributed by atoms with Crippen molar-refractivity contribution in [1.29, 1.82) is 5.26 Å². The molecule has 0 radical (unpaired) electrons. The molecule has 2 aromatic carbocycles. The van der Waals surface area contributed by atoms with Gasteiger partial charge in [-0.05, 0) is 43.4 Å². The molecule has 8 nitrogen and oxygen atoms in total. The highest BCUT2D eigenvalue weighted by Gasteiger charge is 2.24. The van der Waals surface area contributed by atoms with Crippen LogP contribution in [0, 0.1) is 17.2 Å². The van der Waals surface area contributed by atoms with Crippen molar-refractivity contribution in [2.24, 2.45) is 5.92 Å². The fourth-order valence-corrected chi connectivity index (χ4v) is 4.02. The summed E-state index contributed by atoms with van der Waals surface area (Å²) < 4.78 is 6.31. The SMILES string of the molecule is CNCC[C@H](Oc1ccc(-c2ccnc(NC[C@H]3CNC[C@@H]3O)n2)cc1C#N)c1ccccc1. The summed E-state index contributed by atoms with van der Waals surface area (Å²) in [7, 11) is 1.91. The number of ether oxygens (including phenoxy) is 1. The lowest BCUT2D eigenvalue weighted by Crippen LogP contribution is -2.26. The fraction of sp³-hybridized carbons (Fsp3) is 0.346. The van der Waals surface area contributed by atoms with E-state index in [2.05, 4.69) is 32.0 Å². The molecule has 1 saturated heterocycles. The van der Waals surface area contributed by atoms with Gasteiger partial charge in [-0.3, -0.25) is 0 Å². The van der Waals surface area contributed by atoms with Crippen molar-refractivity contribution >= 4 is 5.95 Å². The van der Waals surface area contributed by atoms with E-state index in [4.69, 9.17) is 4.74 Å². The predicted octanol–water partition coefficient (Wildman–Crippen LogP) is 2.74. The van der Waals surface area contributed by atoms with E-state index in [1.54, 1.807) is 12.3 Å². The van der Waals surface area contributed by atoms with Crippen molar-refractivity contribution in [3.05, 3.63) is 71.9 Å². The minimum Gasteiger partial charge on any atom is -0.484 e. The van der Waals surface area contributed by atoms with Gasteiger partial charge in [-0.15, -0.1) is 0 Å². The van der Waals surface area contributed by atoms with E-state index >= 15 is 0 Å². The van der Waals surface area contributed by atoms with Gasteiger partial charge >= 0.3 is 0 Å². The second-order valence-corrected chi connectivity index (χ2v) is 8.36. The maximum absolute atomic E-state index is 9.98. The molecule has 8 heteroatoms. The van der Waals surface area contributed by atoms with E-state index in [1.165, 1.54) is 0 Å². The van der Waals surface area contributed by atoms with Crippen LogP contribution in [0.1, 0.15) is 23.7 Å². The Morgan fingerprint density at radius 3 is 2.79 bits per heavy atom. The molecule has 2 heterocycles. The van der Waals surface area contributed by atoms with E-state index in [-0.39, 0.29) is 18.1 Å². The van der Waals surface area contributed by atoms with Crippen LogP contribution in [0.15, 0.2) is 60.8 Å². The number of nitriles is 1. The Balaban J connectivity index is 1.51. The molecule has 0 unspecified atom stereocenters. The molecule has 1 aliphatic heterocycles. The third kappa shape index (κ3) is 5.88. The molecule has 1 aliphatic rings. The first-order valence-corrected chi connectivity index (χ1v) is 11.5. The summed E-state index contributed by atoms with van der Waals surface area (Å²) in [5.74, 6) is 1.16. The number of β-amino-alcohol motifs (C(OH)–C–C–N with tert-alkyl or cyclic N) is 1. The monoisotopic (exact) mass is 458 g/mol. The van der Waals surface area contributed by atoms with Gasteiger partial charge in [0.25, 0.3) is 0 Å². The summed E-state index contributed by atoms with van der Waals surface area (Å²) in [5.41, 5.74) is 3.04. The maximum atomic E-state index is 9.98. The Morgan fingerprint density at radius 2 is 2.06 bits per heavy atom. The number of nitrogens with one attached hydrogen (secondary N) is 3. The molecule has 1 fully saturated rings. The van der Waals surface area contributed by atoms with Gasteiger partial charge in [0.15, 0.2) is 0 Å². The molecular weight excluding hydrogens is 428 g/mol. The number of hydrogen-bond acceptors (Lipinski definition) is 8. The lowest BCUT2D eigenvalue weighted by molar-refractivity contribution is 0.153. The highest BCUT2D eigenvalue weighted by atomic mass is 16.5. The van der Waals surface area contributed by atoms with E-state index in [0.717, 1.165) is 30.6 Å². The first-order chi connectivity index (χ1) is 16.7. The van der Waals surface area contributed by atoms with Gasteiger partial charge in [0, 0.05) is 43.7 Å². The van der Waals surface area contributed by atoms with Gasteiger partial charge in [0.1, 0.15) is 17.9 Å². The number of benzene rings is 2. The van der Waals surface area contributed by atoms with E-state index in [9.17, 15) is 10.4 Å². The molecule has 3 atom stereocenters. The summed E-state index contributed by atoms with van der Waals surface area (Å²) >= 11 is 0. The molecule has 176 valence electrons. The molecule has 4 rings (SSSR count). The normalized spacial score (nSPS) is 18.3. The second-order valence-electron chi connectivity index (χ2n) is 8.36. The average molecular weight is 459 g/mol. The highest BCUT2D eigenvalue weighted by molar-refractivity contribution is 5.64. The largest absolute Gasteiger partial charge is 0.484 e. The van der Waals surface area contributed by atoms with E-state index in [0.29, 0.717) is 36.0 Å². The van der Waals surface area contributed by atoms with Crippen LogP contribution in [0.4, 0.5) is 5.95 Å². The molecule has 3 aromatic rings. The minimum atomic E-state index is -0.366. The number of aliphatic hydroxyl groups excluding tert-OH is 1. The lowest BCUT2D eigenvalue weighted by Gasteiger charge is -2.20. The molecular formula is C26H30N6O2. The zero-order chi connectivity index (χ0) is 23.8.